The lowest BCUT2D eigenvalue weighted by atomic mass is 9.93. The van der Waals surface area contributed by atoms with Crippen LogP contribution in [0.25, 0.3) is 0 Å². The van der Waals surface area contributed by atoms with Gasteiger partial charge in [0.25, 0.3) is 15.9 Å². The molecule has 0 spiro atoms. The number of carbonyl (C=O) groups excluding carboxylic acids is 1. The third-order valence-electron chi connectivity index (χ3n) is 5.31. The average Bonchev–Trinajstić information content (AvgIpc) is 3.00. The topological polar surface area (TPSA) is 118 Å². The number of sulfonamides is 1. The van der Waals surface area contributed by atoms with Crippen molar-refractivity contribution in [2.45, 2.75) is 43.7 Å². The second-order valence-electron chi connectivity index (χ2n) is 8.16. The quantitative estimate of drug-likeness (QED) is 0.598. The Kier molecular flexibility index (Phi) is 6.82. The number of halogens is 2. The number of rotatable bonds is 7. The highest BCUT2D eigenvalue weighted by Crippen LogP contribution is 2.39. The zero-order chi connectivity index (χ0) is 22.8. The van der Waals surface area contributed by atoms with Crippen molar-refractivity contribution >= 4 is 33.3 Å². The number of carbonyl (C=O) groups is 1. The maximum Gasteiger partial charge on any atom is 0.281 e. The molecule has 0 bridgehead atoms. The van der Waals surface area contributed by atoms with Crippen molar-refractivity contribution in [2.24, 2.45) is 11.7 Å². The molecule has 31 heavy (non-hydrogen) atoms. The van der Waals surface area contributed by atoms with Gasteiger partial charge >= 0.3 is 0 Å². The van der Waals surface area contributed by atoms with Gasteiger partial charge in [0.1, 0.15) is 11.0 Å². The van der Waals surface area contributed by atoms with Crippen LogP contribution >= 0.6 is 11.6 Å². The molecule has 2 aromatic heterocycles. The standard InChI is InChI=1S/C20H25ClFN5O3S/c1-20(2)11-13(5-4-10-23)12-27(20)18-14(8-9-15(21)24-18)19(28)26-31(29,30)17-7-3-6-16(22)25-17/h3,6-9,13H,4-5,10-12,23H2,1-2H3,(H,26,28). The summed E-state index contributed by atoms with van der Waals surface area (Å²) in [6, 6.07) is 6.16. The fraction of sp³-hybridized carbons (Fsp3) is 0.450. The summed E-state index contributed by atoms with van der Waals surface area (Å²) in [7, 11) is -4.38. The summed E-state index contributed by atoms with van der Waals surface area (Å²) in [4.78, 5) is 22.6. The smallest absolute Gasteiger partial charge is 0.281 e. The Hall–Kier alpha value is -2.30. The van der Waals surface area contributed by atoms with E-state index >= 15 is 0 Å². The van der Waals surface area contributed by atoms with Crippen LogP contribution in [0.5, 0.6) is 0 Å². The van der Waals surface area contributed by atoms with E-state index in [0.717, 1.165) is 31.4 Å². The minimum absolute atomic E-state index is 0.0527. The molecule has 1 fully saturated rings. The summed E-state index contributed by atoms with van der Waals surface area (Å²) in [5.74, 6) is -1.21. The van der Waals surface area contributed by atoms with Crippen molar-refractivity contribution in [2.75, 3.05) is 18.0 Å². The van der Waals surface area contributed by atoms with Gasteiger partial charge in [-0.1, -0.05) is 17.7 Å². The van der Waals surface area contributed by atoms with Gasteiger partial charge in [-0.3, -0.25) is 4.79 Å². The molecule has 1 amide bonds. The lowest BCUT2D eigenvalue weighted by molar-refractivity contribution is 0.0981. The molecule has 1 aliphatic heterocycles. The highest BCUT2D eigenvalue weighted by atomic mass is 35.5. The largest absolute Gasteiger partial charge is 0.350 e. The first-order chi connectivity index (χ1) is 14.5. The molecule has 168 valence electrons. The molecule has 1 saturated heterocycles. The molecule has 0 saturated carbocycles. The van der Waals surface area contributed by atoms with Crippen molar-refractivity contribution in [1.29, 1.82) is 0 Å². The molecule has 0 radical (unpaired) electrons. The monoisotopic (exact) mass is 469 g/mol. The van der Waals surface area contributed by atoms with Crippen LogP contribution in [0.3, 0.4) is 0 Å². The Balaban J connectivity index is 1.92. The molecule has 1 unspecified atom stereocenters. The third kappa shape index (κ3) is 5.31. The second kappa shape index (κ2) is 9.05. The highest BCUT2D eigenvalue weighted by molar-refractivity contribution is 7.90. The normalized spacial score (nSPS) is 18.2. The van der Waals surface area contributed by atoms with Crippen molar-refractivity contribution in [3.63, 3.8) is 0 Å². The molecule has 3 N–H and O–H groups in total. The van der Waals surface area contributed by atoms with Gasteiger partial charge in [0.15, 0.2) is 5.03 Å². The number of nitrogens with zero attached hydrogens (tertiary/aromatic N) is 3. The molecule has 1 aliphatic rings. The maximum atomic E-state index is 13.4. The van der Waals surface area contributed by atoms with Crippen molar-refractivity contribution < 1.29 is 17.6 Å². The van der Waals surface area contributed by atoms with Crippen LogP contribution in [0.4, 0.5) is 10.2 Å². The number of hydrogen-bond donors (Lipinski definition) is 2. The fourth-order valence-corrected chi connectivity index (χ4v) is 5.00. The van der Waals surface area contributed by atoms with E-state index in [0.29, 0.717) is 24.8 Å². The predicted molar refractivity (Wildman–Crippen MR) is 116 cm³/mol. The van der Waals surface area contributed by atoms with Crippen LogP contribution in [-0.2, 0) is 10.0 Å². The summed E-state index contributed by atoms with van der Waals surface area (Å²) in [5, 5.41) is -0.407. The minimum Gasteiger partial charge on any atom is -0.350 e. The lowest BCUT2D eigenvalue weighted by Gasteiger charge is -2.33. The SMILES string of the molecule is CC1(C)CC(CCCN)CN1c1nc(Cl)ccc1C(=O)NS(=O)(=O)c1cccc(F)n1. The first kappa shape index (κ1) is 23.4. The maximum absolute atomic E-state index is 13.4. The molecule has 1 atom stereocenters. The van der Waals surface area contributed by atoms with E-state index in [4.69, 9.17) is 17.3 Å². The first-order valence-corrected chi connectivity index (χ1v) is 11.7. The number of anilines is 1. The van der Waals surface area contributed by atoms with E-state index in [9.17, 15) is 17.6 Å². The van der Waals surface area contributed by atoms with Gasteiger partial charge in [-0.25, -0.2) is 14.7 Å². The lowest BCUT2D eigenvalue weighted by Crippen LogP contribution is -2.41. The van der Waals surface area contributed by atoms with Gasteiger partial charge < -0.3 is 10.6 Å². The minimum atomic E-state index is -4.38. The van der Waals surface area contributed by atoms with E-state index in [1.54, 1.807) is 0 Å². The number of hydrogen-bond acceptors (Lipinski definition) is 7. The van der Waals surface area contributed by atoms with Gasteiger partial charge in [0.05, 0.1) is 5.56 Å². The van der Waals surface area contributed by atoms with Crippen LogP contribution in [0.2, 0.25) is 5.15 Å². The van der Waals surface area contributed by atoms with Gasteiger partial charge in [0, 0.05) is 12.1 Å². The molecule has 11 heteroatoms. The van der Waals surface area contributed by atoms with Crippen LogP contribution < -0.4 is 15.4 Å². The molecular weight excluding hydrogens is 445 g/mol. The highest BCUT2D eigenvalue weighted by Gasteiger charge is 2.40. The summed E-state index contributed by atoms with van der Waals surface area (Å²) in [6.45, 7) is 5.31. The summed E-state index contributed by atoms with van der Waals surface area (Å²) < 4.78 is 40.4. The van der Waals surface area contributed by atoms with Crippen LogP contribution in [0.1, 0.15) is 43.5 Å². The second-order valence-corrected chi connectivity index (χ2v) is 10.2. The average molecular weight is 470 g/mol. The van der Waals surface area contributed by atoms with Crippen molar-refractivity contribution in [3.05, 3.63) is 47.0 Å². The fourth-order valence-electron chi connectivity index (χ4n) is 3.94. The molecule has 0 aliphatic carbocycles. The Morgan fingerprint density at radius 3 is 2.74 bits per heavy atom. The number of nitrogens with two attached hydrogens (primary N) is 1. The number of nitrogens with one attached hydrogen (secondary N) is 1. The van der Waals surface area contributed by atoms with Crippen LogP contribution in [-0.4, -0.2) is 42.9 Å². The third-order valence-corrected chi connectivity index (χ3v) is 6.75. The van der Waals surface area contributed by atoms with Gasteiger partial charge in [-0.05, 0) is 69.8 Å². The first-order valence-electron chi connectivity index (χ1n) is 9.87. The predicted octanol–water partition coefficient (Wildman–Crippen LogP) is 2.73. The molecule has 3 heterocycles. The van der Waals surface area contributed by atoms with E-state index in [2.05, 4.69) is 9.97 Å². The zero-order valence-corrected chi connectivity index (χ0v) is 18.9. The van der Waals surface area contributed by atoms with Gasteiger partial charge in [-0.2, -0.15) is 12.8 Å². The van der Waals surface area contributed by atoms with Gasteiger partial charge in [0.2, 0.25) is 5.95 Å². The van der Waals surface area contributed by atoms with Crippen LogP contribution in [0.15, 0.2) is 35.4 Å². The zero-order valence-electron chi connectivity index (χ0n) is 17.3. The van der Waals surface area contributed by atoms with Crippen LogP contribution in [0, 0.1) is 11.9 Å². The molecule has 3 rings (SSSR count). The Labute approximate surface area is 186 Å². The van der Waals surface area contributed by atoms with E-state index < -0.39 is 26.9 Å². The number of aromatic nitrogens is 2. The Morgan fingerprint density at radius 1 is 1.32 bits per heavy atom. The summed E-state index contributed by atoms with van der Waals surface area (Å²) >= 11 is 6.10. The molecule has 0 aromatic carbocycles. The van der Waals surface area contributed by atoms with Crippen molar-refractivity contribution in [1.82, 2.24) is 14.7 Å². The molecular formula is C20H25ClFN5O3S. The van der Waals surface area contributed by atoms with Gasteiger partial charge in [-0.15, -0.1) is 0 Å². The number of amides is 1. The van der Waals surface area contributed by atoms with E-state index in [1.807, 2.05) is 23.5 Å². The van der Waals surface area contributed by atoms with E-state index in [-0.39, 0.29) is 16.3 Å². The number of pyridine rings is 2. The Bertz CT molecular complexity index is 1080. The summed E-state index contributed by atoms with van der Waals surface area (Å²) in [5.41, 5.74) is 5.37. The van der Waals surface area contributed by atoms with E-state index in [1.165, 1.54) is 18.2 Å². The summed E-state index contributed by atoms with van der Waals surface area (Å²) in [6.07, 6.45) is 2.70. The van der Waals surface area contributed by atoms with Crippen molar-refractivity contribution in [3.8, 4) is 0 Å². The molecule has 8 nitrogen and oxygen atoms in total. The Morgan fingerprint density at radius 2 is 2.06 bits per heavy atom. The molecule has 2 aromatic rings.